The highest BCUT2D eigenvalue weighted by Crippen LogP contribution is 2.36. The highest BCUT2D eigenvalue weighted by molar-refractivity contribution is 9.10. The molecule has 0 heterocycles. The van der Waals surface area contributed by atoms with Crippen molar-refractivity contribution in [2.45, 2.75) is 33.2 Å². The smallest absolute Gasteiger partial charge is 0.262 e. The average Bonchev–Trinajstić information content (AvgIpc) is 2.76. The Bertz CT molecular complexity index is 917. The molecule has 2 rings (SSSR count). The van der Waals surface area contributed by atoms with Gasteiger partial charge in [0.15, 0.2) is 11.5 Å². The number of rotatable bonds is 10. The maximum absolute atomic E-state index is 12.6. The highest BCUT2D eigenvalue weighted by atomic mass is 79.9. The predicted molar refractivity (Wildman–Crippen MR) is 125 cm³/mol. The second-order valence-electron chi connectivity index (χ2n) is 7.18. The van der Waals surface area contributed by atoms with Gasteiger partial charge in [-0.25, -0.2) is 5.43 Å². The van der Waals surface area contributed by atoms with E-state index in [1.54, 1.807) is 37.4 Å². The van der Waals surface area contributed by atoms with Crippen molar-refractivity contribution >= 4 is 34.0 Å². The summed E-state index contributed by atoms with van der Waals surface area (Å²) in [6.07, 6.45) is 2.38. The van der Waals surface area contributed by atoms with Gasteiger partial charge in [-0.1, -0.05) is 39.0 Å². The number of benzene rings is 2. The highest BCUT2D eigenvalue weighted by Gasteiger charge is 2.24. The second-order valence-corrected chi connectivity index (χ2v) is 8.03. The maximum Gasteiger partial charge on any atom is 0.262 e. The van der Waals surface area contributed by atoms with E-state index in [9.17, 15) is 9.59 Å². The van der Waals surface area contributed by atoms with Gasteiger partial charge in [-0.2, -0.15) is 5.10 Å². The summed E-state index contributed by atoms with van der Waals surface area (Å²) in [7, 11) is 1.56. The Morgan fingerprint density at radius 3 is 2.52 bits per heavy atom. The molecule has 1 unspecified atom stereocenters. The number of hydrogen-bond donors (Lipinski definition) is 2. The molecule has 166 valence electrons. The molecule has 0 fully saturated rings. The van der Waals surface area contributed by atoms with Crippen molar-refractivity contribution in [3.8, 4) is 11.5 Å². The van der Waals surface area contributed by atoms with Crippen molar-refractivity contribution in [2.24, 2.45) is 11.0 Å². The Hall–Kier alpha value is -2.87. The summed E-state index contributed by atoms with van der Waals surface area (Å²) < 4.78 is 11.8. The van der Waals surface area contributed by atoms with E-state index in [0.29, 0.717) is 29.2 Å². The minimum absolute atomic E-state index is 0.118. The molecule has 2 N–H and O–H groups in total. The van der Waals surface area contributed by atoms with Crippen LogP contribution in [0, 0.1) is 5.92 Å². The Labute approximate surface area is 191 Å². The van der Waals surface area contributed by atoms with Crippen LogP contribution in [0.3, 0.4) is 0 Å². The van der Waals surface area contributed by atoms with E-state index in [4.69, 9.17) is 9.47 Å². The summed E-state index contributed by atoms with van der Waals surface area (Å²) in [6, 6.07) is 11.6. The first-order valence-corrected chi connectivity index (χ1v) is 10.9. The van der Waals surface area contributed by atoms with Crippen LogP contribution >= 0.6 is 15.9 Å². The Morgan fingerprint density at radius 1 is 1.19 bits per heavy atom. The lowest BCUT2D eigenvalue weighted by Crippen LogP contribution is -2.48. The first-order chi connectivity index (χ1) is 14.9. The molecular formula is C23H28BrN3O4. The monoisotopic (exact) mass is 489 g/mol. The Kier molecular flexibility index (Phi) is 9.52. The van der Waals surface area contributed by atoms with Crippen molar-refractivity contribution in [3.63, 3.8) is 0 Å². The number of ether oxygens (including phenoxy) is 2. The van der Waals surface area contributed by atoms with Gasteiger partial charge in [0.1, 0.15) is 6.04 Å². The fourth-order valence-corrected chi connectivity index (χ4v) is 3.32. The lowest BCUT2D eigenvalue weighted by Gasteiger charge is -2.20. The van der Waals surface area contributed by atoms with Crippen LogP contribution < -0.4 is 20.2 Å². The maximum atomic E-state index is 12.6. The van der Waals surface area contributed by atoms with E-state index in [0.717, 1.165) is 10.9 Å². The first-order valence-electron chi connectivity index (χ1n) is 10.1. The number of hydrazone groups is 1. The standard InChI is InChI=1S/C23H28BrN3O4/c1-5-11-31-21-18(24)12-16(13-19(21)30-4)14-25-27-23(29)20(15(2)3)26-22(28)17-9-7-6-8-10-17/h6-10,12-15,20H,5,11H2,1-4H3,(H,26,28)(H,27,29)/b25-14+. The third-order valence-electron chi connectivity index (χ3n) is 4.36. The van der Waals surface area contributed by atoms with Crippen LogP contribution in [0.5, 0.6) is 11.5 Å². The third-order valence-corrected chi connectivity index (χ3v) is 4.95. The molecule has 2 aromatic carbocycles. The van der Waals surface area contributed by atoms with Gasteiger partial charge < -0.3 is 14.8 Å². The van der Waals surface area contributed by atoms with Gasteiger partial charge in [-0.3, -0.25) is 9.59 Å². The predicted octanol–water partition coefficient (Wildman–Crippen LogP) is 4.15. The minimum Gasteiger partial charge on any atom is -0.493 e. The van der Waals surface area contributed by atoms with Crippen LogP contribution in [0.25, 0.3) is 0 Å². The number of carbonyl (C=O) groups is 2. The molecular weight excluding hydrogens is 462 g/mol. The van der Waals surface area contributed by atoms with Gasteiger partial charge in [0, 0.05) is 5.56 Å². The van der Waals surface area contributed by atoms with Gasteiger partial charge in [0.25, 0.3) is 11.8 Å². The number of hydrogen-bond acceptors (Lipinski definition) is 5. The molecule has 0 radical (unpaired) electrons. The van der Waals surface area contributed by atoms with Gasteiger partial charge in [0.05, 0.1) is 24.4 Å². The molecule has 0 saturated carbocycles. The fraction of sp³-hybridized carbons (Fsp3) is 0.348. The number of carbonyl (C=O) groups excluding carboxylic acids is 2. The lowest BCUT2D eigenvalue weighted by atomic mass is 10.0. The van der Waals surface area contributed by atoms with E-state index in [-0.39, 0.29) is 11.8 Å². The average molecular weight is 490 g/mol. The van der Waals surface area contributed by atoms with E-state index in [2.05, 4.69) is 31.8 Å². The van der Waals surface area contributed by atoms with Crippen LogP contribution in [-0.4, -0.2) is 37.8 Å². The zero-order valence-electron chi connectivity index (χ0n) is 18.1. The third kappa shape index (κ3) is 7.10. The summed E-state index contributed by atoms with van der Waals surface area (Å²) in [5.74, 6) is 0.353. The van der Waals surface area contributed by atoms with Crippen molar-refractivity contribution in [2.75, 3.05) is 13.7 Å². The second kappa shape index (κ2) is 12.1. The molecule has 7 nitrogen and oxygen atoms in total. The molecule has 0 bridgehead atoms. The van der Waals surface area contributed by atoms with E-state index < -0.39 is 11.9 Å². The van der Waals surface area contributed by atoms with Crippen molar-refractivity contribution in [1.82, 2.24) is 10.7 Å². The van der Waals surface area contributed by atoms with Crippen molar-refractivity contribution in [1.29, 1.82) is 0 Å². The van der Waals surface area contributed by atoms with Crippen molar-refractivity contribution < 1.29 is 19.1 Å². The molecule has 0 saturated heterocycles. The summed E-state index contributed by atoms with van der Waals surface area (Å²) in [5, 5.41) is 6.81. The number of halogens is 1. The number of amides is 2. The van der Waals surface area contributed by atoms with E-state index in [1.807, 2.05) is 32.9 Å². The first kappa shape index (κ1) is 24.4. The van der Waals surface area contributed by atoms with Crippen LogP contribution in [0.15, 0.2) is 52.0 Å². The molecule has 31 heavy (non-hydrogen) atoms. The van der Waals surface area contributed by atoms with Crippen LogP contribution in [0.2, 0.25) is 0 Å². The van der Waals surface area contributed by atoms with Crippen molar-refractivity contribution in [3.05, 3.63) is 58.1 Å². The molecule has 0 spiro atoms. The molecule has 1 atom stereocenters. The molecule has 0 aliphatic carbocycles. The quantitative estimate of drug-likeness (QED) is 0.387. The fourth-order valence-electron chi connectivity index (χ4n) is 2.75. The summed E-state index contributed by atoms with van der Waals surface area (Å²) in [6.45, 7) is 6.31. The molecule has 2 amide bonds. The lowest BCUT2D eigenvalue weighted by molar-refractivity contribution is -0.123. The Morgan fingerprint density at radius 2 is 1.90 bits per heavy atom. The summed E-state index contributed by atoms with van der Waals surface area (Å²) in [4.78, 5) is 25.0. The van der Waals surface area contributed by atoms with E-state index in [1.165, 1.54) is 6.21 Å². The minimum atomic E-state index is -0.726. The largest absolute Gasteiger partial charge is 0.493 e. The normalized spacial score (nSPS) is 11.9. The molecule has 8 heteroatoms. The SMILES string of the molecule is CCCOc1c(Br)cc(/C=N/NC(=O)C(NC(=O)c2ccccc2)C(C)C)cc1OC. The van der Waals surface area contributed by atoms with Gasteiger partial charge >= 0.3 is 0 Å². The molecule has 2 aromatic rings. The van der Waals surface area contributed by atoms with Gasteiger partial charge in [0.2, 0.25) is 0 Å². The summed E-state index contributed by atoms with van der Waals surface area (Å²) in [5.41, 5.74) is 3.71. The Balaban J connectivity index is 2.06. The molecule has 0 aromatic heterocycles. The molecule has 0 aliphatic rings. The van der Waals surface area contributed by atoms with E-state index >= 15 is 0 Å². The molecule has 0 aliphatic heterocycles. The van der Waals surface area contributed by atoms with Gasteiger partial charge in [-0.05, 0) is 58.1 Å². The summed E-state index contributed by atoms with van der Waals surface area (Å²) >= 11 is 3.48. The topological polar surface area (TPSA) is 89.0 Å². The number of nitrogens with one attached hydrogen (secondary N) is 2. The number of methoxy groups -OCH3 is 1. The number of nitrogens with zero attached hydrogens (tertiary/aromatic N) is 1. The zero-order valence-corrected chi connectivity index (χ0v) is 19.7. The van der Waals surface area contributed by atoms with Gasteiger partial charge in [-0.15, -0.1) is 0 Å². The zero-order chi connectivity index (χ0) is 22.8. The van der Waals surface area contributed by atoms with Crippen LogP contribution in [0.4, 0.5) is 0 Å². The van der Waals surface area contributed by atoms with Crippen LogP contribution in [0.1, 0.15) is 43.1 Å². The van der Waals surface area contributed by atoms with Crippen LogP contribution in [-0.2, 0) is 4.79 Å².